The molecule has 194 valence electrons. The SMILES string of the molecule is CN(C(=O)Oc1c(C(C=NC2(CO)CC2)=CN)cc(C(F)(F)F)cc1C(F)(F)F)c1ccc(F)cc1. The molecule has 1 aliphatic carbocycles. The highest BCUT2D eigenvalue weighted by molar-refractivity contribution is 6.11. The Hall–Kier alpha value is -3.61. The number of nitrogens with two attached hydrogens (primary N) is 1. The number of aliphatic hydroxyl groups excluding tert-OH is 1. The van der Waals surface area contributed by atoms with Crippen molar-refractivity contribution in [2.75, 3.05) is 18.6 Å². The second-order valence-electron chi connectivity index (χ2n) is 8.06. The maximum Gasteiger partial charge on any atom is 0.420 e. The molecule has 13 heteroatoms. The lowest BCUT2D eigenvalue weighted by atomic mass is 9.98. The minimum atomic E-state index is -5.36. The number of hydrogen-bond acceptors (Lipinski definition) is 5. The number of rotatable bonds is 6. The Kier molecular flexibility index (Phi) is 7.35. The Morgan fingerprint density at radius 2 is 1.75 bits per heavy atom. The molecule has 0 spiro atoms. The van der Waals surface area contributed by atoms with Crippen LogP contribution in [0.2, 0.25) is 0 Å². The first kappa shape index (κ1) is 27.0. The first-order chi connectivity index (χ1) is 16.7. The largest absolute Gasteiger partial charge is 0.420 e. The standard InChI is InChI=1S/C23H20F7N3O3/c1-33(16-4-2-15(24)3-5-16)20(35)36-19-17(13(10-31)11-32-21(12-34)6-7-21)8-14(22(25,26)27)9-18(19)23(28,29)30/h2-5,8-11,34H,6-7,12,31H2,1H3. The molecule has 1 saturated carbocycles. The number of carbonyl (C=O) groups excluding carboxylic acids is 1. The Bertz CT molecular complexity index is 1190. The van der Waals surface area contributed by atoms with Crippen molar-refractivity contribution < 1.29 is 45.4 Å². The molecule has 2 aromatic rings. The van der Waals surface area contributed by atoms with Crippen LogP contribution in [0.15, 0.2) is 47.6 Å². The van der Waals surface area contributed by atoms with Crippen LogP contribution in [0.3, 0.4) is 0 Å². The zero-order valence-electron chi connectivity index (χ0n) is 18.6. The van der Waals surface area contributed by atoms with Crippen LogP contribution >= 0.6 is 0 Å². The third kappa shape index (κ3) is 5.96. The van der Waals surface area contributed by atoms with Crippen LogP contribution in [0.1, 0.15) is 29.5 Å². The number of hydrogen-bond donors (Lipinski definition) is 2. The normalized spacial score (nSPS) is 15.8. The molecule has 0 unspecified atom stereocenters. The quantitative estimate of drug-likeness (QED) is 0.396. The molecule has 36 heavy (non-hydrogen) atoms. The van der Waals surface area contributed by atoms with Gasteiger partial charge < -0.3 is 15.6 Å². The molecule has 1 fully saturated rings. The van der Waals surface area contributed by atoms with E-state index >= 15 is 0 Å². The van der Waals surface area contributed by atoms with Crippen molar-refractivity contribution in [3.63, 3.8) is 0 Å². The zero-order valence-corrected chi connectivity index (χ0v) is 18.6. The van der Waals surface area contributed by atoms with Gasteiger partial charge in [0.05, 0.1) is 23.3 Å². The molecule has 1 amide bonds. The second kappa shape index (κ2) is 9.80. The van der Waals surface area contributed by atoms with E-state index < -0.39 is 57.8 Å². The number of carbonyl (C=O) groups is 1. The lowest BCUT2D eigenvalue weighted by molar-refractivity contribution is -0.143. The highest BCUT2D eigenvalue weighted by atomic mass is 19.4. The monoisotopic (exact) mass is 519 g/mol. The second-order valence-corrected chi connectivity index (χ2v) is 8.06. The third-order valence-electron chi connectivity index (χ3n) is 5.49. The predicted molar refractivity (Wildman–Crippen MR) is 117 cm³/mol. The predicted octanol–water partition coefficient (Wildman–Crippen LogP) is 5.39. The molecule has 0 heterocycles. The number of amides is 1. The van der Waals surface area contributed by atoms with Gasteiger partial charge in [0.15, 0.2) is 5.75 Å². The number of ether oxygens (including phenoxy) is 1. The molecule has 0 radical (unpaired) electrons. The molecule has 6 nitrogen and oxygen atoms in total. The summed E-state index contributed by atoms with van der Waals surface area (Å²) in [4.78, 5) is 17.5. The van der Waals surface area contributed by atoms with Gasteiger partial charge in [-0.25, -0.2) is 9.18 Å². The minimum Gasteiger partial charge on any atom is -0.409 e. The summed E-state index contributed by atoms with van der Waals surface area (Å²) in [5, 5.41) is 9.41. The van der Waals surface area contributed by atoms with E-state index in [1.165, 1.54) is 0 Å². The lowest BCUT2D eigenvalue weighted by Crippen LogP contribution is -2.30. The zero-order chi connectivity index (χ0) is 26.9. The Labute approximate surface area is 200 Å². The Morgan fingerprint density at radius 3 is 2.22 bits per heavy atom. The highest BCUT2D eigenvalue weighted by Gasteiger charge is 2.43. The van der Waals surface area contributed by atoms with Crippen molar-refractivity contribution in [2.45, 2.75) is 30.7 Å². The van der Waals surface area contributed by atoms with Gasteiger partial charge in [-0.2, -0.15) is 26.3 Å². The van der Waals surface area contributed by atoms with Gasteiger partial charge >= 0.3 is 18.4 Å². The number of halogens is 7. The van der Waals surface area contributed by atoms with Gasteiger partial charge in [-0.15, -0.1) is 0 Å². The first-order valence-corrected chi connectivity index (χ1v) is 10.3. The number of aliphatic hydroxyl groups is 1. The molecule has 0 aromatic heterocycles. The van der Waals surface area contributed by atoms with Crippen LogP contribution in [0.4, 0.5) is 41.2 Å². The summed E-state index contributed by atoms with van der Waals surface area (Å²) in [5.41, 5.74) is -0.0745. The summed E-state index contributed by atoms with van der Waals surface area (Å²) in [6.07, 6.45) is -9.37. The average molecular weight is 519 g/mol. The number of aliphatic imine (C=N–C) groups is 1. The molecular formula is C23H20F7N3O3. The van der Waals surface area contributed by atoms with Gasteiger partial charge in [0.25, 0.3) is 0 Å². The van der Waals surface area contributed by atoms with Crippen LogP contribution in [0.5, 0.6) is 5.75 Å². The molecule has 1 aliphatic rings. The van der Waals surface area contributed by atoms with Gasteiger partial charge in [-0.05, 0) is 49.2 Å². The molecule has 0 bridgehead atoms. The van der Waals surface area contributed by atoms with Crippen LogP contribution in [0.25, 0.3) is 5.57 Å². The summed E-state index contributed by atoms with van der Waals surface area (Å²) in [7, 11) is 1.12. The van der Waals surface area contributed by atoms with E-state index in [9.17, 15) is 40.6 Å². The van der Waals surface area contributed by atoms with Crippen LogP contribution in [-0.2, 0) is 12.4 Å². The summed E-state index contributed by atoms with van der Waals surface area (Å²) < 4.78 is 100. The van der Waals surface area contributed by atoms with Crippen molar-refractivity contribution in [2.24, 2.45) is 10.7 Å². The molecule has 3 N–H and O–H groups in total. The minimum absolute atomic E-state index is 0.0400. The van der Waals surface area contributed by atoms with Gasteiger partial charge in [0.2, 0.25) is 0 Å². The van der Waals surface area contributed by atoms with E-state index in [2.05, 4.69) is 4.99 Å². The van der Waals surface area contributed by atoms with E-state index in [0.717, 1.165) is 42.4 Å². The van der Waals surface area contributed by atoms with Crippen molar-refractivity contribution >= 4 is 23.6 Å². The Morgan fingerprint density at radius 1 is 1.14 bits per heavy atom. The highest BCUT2D eigenvalue weighted by Crippen LogP contribution is 2.45. The van der Waals surface area contributed by atoms with Crippen molar-refractivity contribution in [3.05, 3.63) is 65.1 Å². The van der Waals surface area contributed by atoms with E-state index in [1.807, 2.05) is 0 Å². The topological polar surface area (TPSA) is 88.2 Å². The third-order valence-corrected chi connectivity index (χ3v) is 5.49. The van der Waals surface area contributed by atoms with Crippen molar-refractivity contribution in [1.29, 1.82) is 0 Å². The number of alkyl halides is 6. The molecule has 0 atom stereocenters. The maximum absolute atomic E-state index is 13.9. The summed E-state index contributed by atoms with van der Waals surface area (Å²) in [6, 6.07) is 4.47. The van der Waals surface area contributed by atoms with E-state index in [4.69, 9.17) is 10.5 Å². The van der Waals surface area contributed by atoms with E-state index in [0.29, 0.717) is 25.1 Å². The smallest absolute Gasteiger partial charge is 0.409 e. The number of allylic oxidation sites excluding steroid dienone is 1. The fourth-order valence-electron chi connectivity index (χ4n) is 3.13. The van der Waals surface area contributed by atoms with Crippen molar-refractivity contribution in [3.8, 4) is 5.75 Å². The molecule has 2 aromatic carbocycles. The average Bonchev–Trinajstić information content (AvgIpc) is 3.59. The van der Waals surface area contributed by atoms with Gasteiger partial charge in [0.1, 0.15) is 5.82 Å². The first-order valence-electron chi connectivity index (χ1n) is 10.3. The summed E-state index contributed by atoms with van der Waals surface area (Å²) >= 11 is 0. The fourth-order valence-corrected chi connectivity index (χ4v) is 3.13. The fraction of sp³-hybridized carbons (Fsp3) is 0.304. The van der Waals surface area contributed by atoms with Crippen molar-refractivity contribution in [1.82, 2.24) is 0 Å². The van der Waals surface area contributed by atoms with E-state index in [-0.39, 0.29) is 18.4 Å². The maximum atomic E-state index is 13.9. The number of nitrogens with zero attached hydrogens (tertiary/aromatic N) is 2. The van der Waals surface area contributed by atoms with Gasteiger partial charge in [0, 0.05) is 36.3 Å². The lowest BCUT2D eigenvalue weighted by Gasteiger charge is -2.22. The molecular weight excluding hydrogens is 499 g/mol. The number of anilines is 1. The summed E-state index contributed by atoms with van der Waals surface area (Å²) in [6.45, 7) is -0.387. The molecule has 0 saturated heterocycles. The number of benzene rings is 2. The van der Waals surface area contributed by atoms with Crippen LogP contribution in [0, 0.1) is 5.82 Å². The molecule has 3 rings (SSSR count). The Balaban J connectivity index is 2.15. The molecule has 0 aliphatic heterocycles. The summed E-state index contributed by atoms with van der Waals surface area (Å²) in [5.74, 6) is -1.87. The van der Waals surface area contributed by atoms with Crippen LogP contribution < -0.4 is 15.4 Å². The van der Waals surface area contributed by atoms with Gasteiger partial charge in [-0.3, -0.25) is 9.89 Å². The van der Waals surface area contributed by atoms with Gasteiger partial charge in [-0.1, -0.05) is 0 Å². The van der Waals surface area contributed by atoms with Crippen LogP contribution in [-0.4, -0.2) is 36.6 Å². The van der Waals surface area contributed by atoms with E-state index in [1.54, 1.807) is 0 Å².